The molecule has 0 heterocycles. The highest BCUT2D eigenvalue weighted by Crippen LogP contribution is 2.05. The first kappa shape index (κ1) is 20.3. The summed E-state index contributed by atoms with van der Waals surface area (Å²) in [4.78, 5) is 11.4. The van der Waals surface area contributed by atoms with Gasteiger partial charge in [-0.15, -0.1) is 0 Å². The van der Waals surface area contributed by atoms with Crippen LogP contribution in [0.5, 0.6) is 0 Å². The summed E-state index contributed by atoms with van der Waals surface area (Å²) < 4.78 is 36.0. The maximum Gasteiger partial charge on any atom is 0.516 e. The Hall–Kier alpha value is -1.00. The second-order valence-corrected chi connectivity index (χ2v) is 4.74. The summed E-state index contributed by atoms with van der Waals surface area (Å²) in [6.45, 7) is 6.47. The molecule has 1 unspecified atom stereocenters. The molecule has 0 aromatic rings. The van der Waals surface area contributed by atoms with Gasteiger partial charge < -0.3 is 14.4 Å². The number of nitrogens with zero attached hydrogens (tertiary/aromatic N) is 1. The van der Waals surface area contributed by atoms with Crippen molar-refractivity contribution in [2.75, 3.05) is 40.5 Å². The van der Waals surface area contributed by atoms with Crippen molar-refractivity contribution in [2.24, 2.45) is 0 Å². The van der Waals surface area contributed by atoms with Gasteiger partial charge in [0.25, 0.3) is 0 Å². The zero-order valence-electron chi connectivity index (χ0n) is 11.4. The molecule has 0 aliphatic heterocycles. The summed E-state index contributed by atoms with van der Waals surface area (Å²) in [7, 11) is -1.89. The van der Waals surface area contributed by atoms with E-state index in [1.54, 1.807) is 20.0 Å². The second kappa shape index (κ2) is 9.87. The maximum atomic E-state index is 11.4. The summed E-state index contributed by atoms with van der Waals surface area (Å²) in [6.07, 6.45) is 1.32. The van der Waals surface area contributed by atoms with E-state index in [1.165, 1.54) is 0 Å². The summed E-state index contributed by atoms with van der Waals surface area (Å²) >= 11 is 0. The van der Waals surface area contributed by atoms with Gasteiger partial charge >= 0.3 is 6.09 Å². The monoisotopic (exact) mass is 299 g/mol. The number of rotatable bonds is 6. The lowest BCUT2D eigenvalue weighted by atomic mass is 10.4. The Balaban J connectivity index is 0. The number of carbonyl (C=O) groups excluding carboxylic acids is 1. The predicted octanol–water partition coefficient (Wildman–Crippen LogP) is -0.139. The third-order valence-corrected chi connectivity index (χ3v) is 2.45. The van der Waals surface area contributed by atoms with Gasteiger partial charge in [0.1, 0.15) is 13.1 Å². The van der Waals surface area contributed by atoms with E-state index in [0.717, 1.165) is 7.11 Å². The molecule has 1 atom stereocenters. The van der Waals surface area contributed by atoms with Gasteiger partial charge in [-0.1, -0.05) is 6.58 Å². The topological polar surface area (TPSA) is 113 Å². The lowest BCUT2D eigenvalue weighted by Gasteiger charge is -2.27. The first-order valence-corrected chi connectivity index (χ1v) is 6.75. The van der Waals surface area contributed by atoms with Crippen LogP contribution >= 0.6 is 0 Å². The fourth-order valence-electron chi connectivity index (χ4n) is 1.04. The van der Waals surface area contributed by atoms with Gasteiger partial charge in [-0.2, -0.15) is 4.79 Å². The molecule has 0 radical (unpaired) electrons. The van der Waals surface area contributed by atoms with Crippen LogP contribution in [0.3, 0.4) is 0 Å². The van der Waals surface area contributed by atoms with E-state index in [9.17, 15) is 17.8 Å². The zero-order chi connectivity index (χ0) is 15.5. The minimum Gasteiger partial charge on any atom is -0.726 e. The minimum atomic E-state index is -4.41. The molecule has 9 heteroatoms. The number of aliphatic hydroxyl groups is 1. The molecule has 114 valence electrons. The molecule has 0 bridgehead atoms. The zero-order valence-corrected chi connectivity index (χ0v) is 12.2. The van der Waals surface area contributed by atoms with E-state index in [0.29, 0.717) is 19.7 Å². The Morgan fingerprint density at radius 2 is 2.00 bits per heavy atom. The number of hydrogen-bond donors (Lipinski definition) is 1. The quantitative estimate of drug-likeness (QED) is 0.314. The second-order valence-electron chi connectivity index (χ2n) is 3.59. The Morgan fingerprint density at radius 1 is 1.53 bits per heavy atom. The largest absolute Gasteiger partial charge is 0.726 e. The molecule has 0 aromatic heterocycles. The van der Waals surface area contributed by atoms with Crippen LogP contribution in [0.4, 0.5) is 4.79 Å². The van der Waals surface area contributed by atoms with E-state index in [2.05, 4.69) is 10.8 Å². The smallest absolute Gasteiger partial charge is 0.516 e. The van der Waals surface area contributed by atoms with E-state index < -0.39 is 10.4 Å². The number of aliphatic hydroxyl groups excluding tert-OH is 1. The van der Waals surface area contributed by atoms with Crippen molar-refractivity contribution in [3.63, 3.8) is 0 Å². The van der Waals surface area contributed by atoms with E-state index >= 15 is 0 Å². The third kappa shape index (κ3) is 10.6. The van der Waals surface area contributed by atoms with Crippen LogP contribution in [0, 0.1) is 0 Å². The molecule has 1 N–H and O–H groups in total. The third-order valence-electron chi connectivity index (χ3n) is 2.04. The Morgan fingerprint density at radius 3 is 2.26 bits per heavy atom. The maximum absolute atomic E-state index is 11.4. The van der Waals surface area contributed by atoms with Crippen molar-refractivity contribution in [1.82, 2.24) is 0 Å². The van der Waals surface area contributed by atoms with E-state index in [4.69, 9.17) is 9.84 Å². The number of likely N-dealkylation sites (N-methyl/N-ethyl adjacent to an activating group) is 1. The number of quaternary nitrogens is 1. The number of ether oxygens (including phenoxy) is 1. The van der Waals surface area contributed by atoms with Crippen LogP contribution in [0.1, 0.15) is 6.92 Å². The average Bonchev–Trinajstić information content (AvgIpc) is 2.30. The fourth-order valence-corrected chi connectivity index (χ4v) is 1.04. The van der Waals surface area contributed by atoms with Crippen molar-refractivity contribution in [1.29, 1.82) is 0 Å². The predicted molar refractivity (Wildman–Crippen MR) is 66.9 cm³/mol. The summed E-state index contributed by atoms with van der Waals surface area (Å²) in [6, 6.07) is 0. The summed E-state index contributed by atoms with van der Waals surface area (Å²) in [5.74, 6) is 0. The van der Waals surface area contributed by atoms with Crippen molar-refractivity contribution in [3.05, 3.63) is 12.7 Å². The molecule has 0 aliphatic rings. The SMILES string of the molecule is C=CC[N+](C)(CCO)C(=O)OCC.COS(=O)(=O)[O-]. The van der Waals surface area contributed by atoms with E-state index in [-0.39, 0.29) is 17.2 Å². The Labute approximate surface area is 113 Å². The van der Waals surface area contributed by atoms with Gasteiger partial charge in [-0.3, -0.25) is 4.18 Å². The normalized spacial score (nSPS) is 13.7. The molecule has 0 saturated carbocycles. The van der Waals surface area contributed by atoms with Crippen LogP contribution in [-0.2, 0) is 19.3 Å². The van der Waals surface area contributed by atoms with Crippen LogP contribution in [-0.4, -0.2) is 69.1 Å². The van der Waals surface area contributed by atoms with E-state index in [1.807, 2.05) is 0 Å². The van der Waals surface area contributed by atoms with Crippen molar-refractivity contribution in [2.45, 2.75) is 6.92 Å². The summed E-state index contributed by atoms with van der Waals surface area (Å²) in [5.41, 5.74) is 0. The van der Waals surface area contributed by atoms with Gasteiger partial charge in [0, 0.05) is 0 Å². The van der Waals surface area contributed by atoms with Crippen LogP contribution in [0.15, 0.2) is 12.7 Å². The highest BCUT2D eigenvalue weighted by atomic mass is 32.3. The van der Waals surface area contributed by atoms with Crippen LogP contribution < -0.4 is 0 Å². The number of amides is 1. The standard InChI is InChI=1S/C9H18NO3.CH4O4S/c1-4-6-10(3,7-8-11)9(12)13-5-2;1-5-6(2,3)4/h4,11H,1,5-8H2,2-3H3;1H3,(H,2,3,4)/q+1;/p-1. The number of carbonyl (C=O) groups is 1. The molecule has 8 nitrogen and oxygen atoms in total. The number of hydrogen-bond acceptors (Lipinski definition) is 7. The molecule has 19 heavy (non-hydrogen) atoms. The molecule has 0 rings (SSSR count). The summed E-state index contributed by atoms with van der Waals surface area (Å²) in [5, 5.41) is 8.79. The molecular weight excluding hydrogens is 278 g/mol. The molecular formula is C10H21NO7S. The minimum absolute atomic E-state index is 0.0385. The van der Waals surface area contributed by atoms with Crippen molar-refractivity contribution >= 4 is 16.5 Å². The molecule has 0 aliphatic carbocycles. The molecule has 0 fully saturated rings. The highest BCUT2D eigenvalue weighted by molar-refractivity contribution is 7.80. The van der Waals surface area contributed by atoms with Crippen molar-refractivity contribution in [3.8, 4) is 0 Å². The molecule has 1 amide bonds. The Bertz CT molecular complexity index is 368. The van der Waals surface area contributed by atoms with Gasteiger partial charge in [-0.25, -0.2) is 12.9 Å². The van der Waals surface area contributed by atoms with Gasteiger partial charge in [0.2, 0.25) is 10.4 Å². The molecule has 0 saturated heterocycles. The molecule has 0 aromatic carbocycles. The van der Waals surface area contributed by atoms with Gasteiger partial charge in [0.05, 0.1) is 27.4 Å². The molecule has 0 spiro atoms. The first-order chi connectivity index (χ1) is 8.66. The average molecular weight is 299 g/mol. The van der Waals surface area contributed by atoms with Crippen molar-refractivity contribution < 1.29 is 36.3 Å². The first-order valence-electron chi connectivity index (χ1n) is 5.41. The highest BCUT2D eigenvalue weighted by Gasteiger charge is 2.31. The fraction of sp³-hybridized carbons (Fsp3) is 0.700. The van der Waals surface area contributed by atoms with Gasteiger partial charge in [-0.05, 0) is 13.0 Å². The van der Waals surface area contributed by atoms with Crippen LogP contribution in [0.25, 0.3) is 0 Å². The Kier molecular flexibility index (Phi) is 10.6. The lowest BCUT2D eigenvalue weighted by Crippen LogP contribution is -2.51. The van der Waals surface area contributed by atoms with Crippen LogP contribution in [0.2, 0.25) is 0 Å². The lowest BCUT2D eigenvalue weighted by molar-refractivity contribution is -0.832. The van der Waals surface area contributed by atoms with Gasteiger partial charge in [0.15, 0.2) is 0 Å².